The number of rotatable bonds is 10. The van der Waals surface area contributed by atoms with Crippen LogP contribution in [0.15, 0.2) is 0 Å². The van der Waals surface area contributed by atoms with Gasteiger partial charge in [0.2, 0.25) is 0 Å². The van der Waals surface area contributed by atoms with Crippen LogP contribution >= 0.6 is 0 Å². The maximum absolute atomic E-state index is 11.2. The van der Waals surface area contributed by atoms with Crippen molar-refractivity contribution in [2.24, 2.45) is 5.92 Å². The lowest BCUT2D eigenvalue weighted by Gasteiger charge is -2.26. The Morgan fingerprint density at radius 2 is 1.28 bits per heavy atom. The van der Waals surface area contributed by atoms with E-state index in [2.05, 4.69) is 0 Å². The Hall–Kier alpha value is -1.67. The van der Waals surface area contributed by atoms with Gasteiger partial charge in [-0.1, -0.05) is 0 Å². The fourth-order valence-corrected chi connectivity index (χ4v) is 4.04. The fraction of sp³-hybridized carbons (Fsp3) is 0.824. The minimum absolute atomic E-state index is 0.0388. The molecular formula is C17H28N2O6. The van der Waals surface area contributed by atoms with Crippen LogP contribution in [0.4, 0.5) is 0 Å². The van der Waals surface area contributed by atoms with Crippen molar-refractivity contribution in [2.45, 2.75) is 57.0 Å². The van der Waals surface area contributed by atoms with Gasteiger partial charge in [-0.3, -0.25) is 24.2 Å². The van der Waals surface area contributed by atoms with E-state index in [-0.39, 0.29) is 12.3 Å². The molecule has 0 saturated carbocycles. The van der Waals surface area contributed by atoms with Gasteiger partial charge >= 0.3 is 17.9 Å². The van der Waals surface area contributed by atoms with Crippen LogP contribution in [0, 0.1) is 5.92 Å². The lowest BCUT2D eigenvalue weighted by molar-refractivity contribution is -0.143. The molecule has 0 bridgehead atoms. The summed E-state index contributed by atoms with van der Waals surface area (Å²) < 4.78 is 0. The molecule has 2 rings (SSSR count). The first-order valence-electron chi connectivity index (χ1n) is 9.04. The Balaban J connectivity index is 1.85. The summed E-state index contributed by atoms with van der Waals surface area (Å²) in [6.45, 7) is 2.64. The Morgan fingerprint density at radius 3 is 1.64 bits per heavy atom. The molecule has 2 atom stereocenters. The topological polar surface area (TPSA) is 118 Å². The Labute approximate surface area is 147 Å². The molecule has 2 heterocycles. The Kier molecular flexibility index (Phi) is 7.19. The minimum atomic E-state index is -0.864. The zero-order valence-corrected chi connectivity index (χ0v) is 14.5. The summed E-state index contributed by atoms with van der Waals surface area (Å²) in [5, 5.41) is 27.6. The predicted molar refractivity (Wildman–Crippen MR) is 89.4 cm³/mol. The predicted octanol–water partition coefficient (Wildman–Crippen LogP) is 0.956. The van der Waals surface area contributed by atoms with E-state index in [4.69, 9.17) is 5.11 Å². The molecule has 25 heavy (non-hydrogen) atoms. The molecule has 0 spiro atoms. The van der Waals surface area contributed by atoms with Crippen molar-refractivity contribution in [1.82, 2.24) is 9.80 Å². The van der Waals surface area contributed by atoms with Gasteiger partial charge in [0.15, 0.2) is 0 Å². The van der Waals surface area contributed by atoms with Gasteiger partial charge in [-0.15, -0.1) is 0 Å². The van der Waals surface area contributed by atoms with Crippen LogP contribution in [-0.2, 0) is 14.4 Å². The van der Waals surface area contributed by atoms with Gasteiger partial charge in [0, 0.05) is 6.42 Å². The third-order valence-electron chi connectivity index (χ3n) is 5.41. The third kappa shape index (κ3) is 5.67. The van der Waals surface area contributed by atoms with E-state index < -0.39 is 30.0 Å². The van der Waals surface area contributed by atoms with Gasteiger partial charge in [-0.25, -0.2) is 0 Å². The molecule has 0 aromatic carbocycles. The maximum Gasteiger partial charge on any atom is 0.320 e. The molecule has 2 saturated heterocycles. The molecule has 2 aliphatic heterocycles. The number of nitrogens with zero attached hydrogens (tertiary/aromatic N) is 2. The lowest BCUT2D eigenvalue weighted by Crippen LogP contribution is -2.38. The summed E-state index contributed by atoms with van der Waals surface area (Å²) in [6.07, 6.45) is 4.30. The quantitative estimate of drug-likeness (QED) is 0.529. The monoisotopic (exact) mass is 356 g/mol. The molecule has 3 N–H and O–H groups in total. The first kappa shape index (κ1) is 19.7. The molecule has 142 valence electrons. The second-order valence-corrected chi connectivity index (χ2v) is 7.11. The molecule has 0 aliphatic carbocycles. The second kappa shape index (κ2) is 9.15. The summed E-state index contributed by atoms with van der Waals surface area (Å²) in [5.41, 5.74) is 0. The van der Waals surface area contributed by atoms with Gasteiger partial charge in [0.1, 0.15) is 12.1 Å². The van der Waals surface area contributed by atoms with E-state index in [1.807, 2.05) is 9.80 Å². The van der Waals surface area contributed by atoms with Gasteiger partial charge < -0.3 is 15.3 Å². The molecule has 0 amide bonds. The van der Waals surface area contributed by atoms with Crippen LogP contribution in [-0.4, -0.2) is 81.3 Å². The van der Waals surface area contributed by atoms with Gasteiger partial charge in [0.25, 0.3) is 0 Å². The van der Waals surface area contributed by atoms with Crippen molar-refractivity contribution in [3.63, 3.8) is 0 Å². The smallest absolute Gasteiger partial charge is 0.320 e. The van der Waals surface area contributed by atoms with Crippen molar-refractivity contribution in [2.75, 3.05) is 26.2 Å². The minimum Gasteiger partial charge on any atom is -0.481 e. The largest absolute Gasteiger partial charge is 0.481 e. The molecule has 0 unspecified atom stereocenters. The van der Waals surface area contributed by atoms with Crippen molar-refractivity contribution in [3.05, 3.63) is 0 Å². The van der Waals surface area contributed by atoms with E-state index in [0.29, 0.717) is 38.8 Å². The summed E-state index contributed by atoms with van der Waals surface area (Å²) in [5.74, 6) is -2.55. The highest BCUT2D eigenvalue weighted by molar-refractivity contribution is 5.74. The number of likely N-dealkylation sites (tertiary alicyclic amines) is 2. The number of hydrogen-bond donors (Lipinski definition) is 3. The highest BCUT2D eigenvalue weighted by atomic mass is 16.4. The zero-order chi connectivity index (χ0) is 18.4. The van der Waals surface area contributed by atoms with Gasteiger partial charge in [-0.05, 0) is 70.6 Å². The van der Waals surface area contributed by atoms with Gasteiger partial charge in [-0.2, -0.15) is 0 Å². The summed E-state index contributed by atoms with van der Waals surface area (Å²) >= 11 is 0. The first-order valence-corrected chi connectivity index (χ1v) is 9.04. The molecular weight excluding hydrogens is 328 g/mol. The van der Waals surface area contributed by atoms with Crippen molar-refractivity contribution in [3.8, 4) is 0 Å². The van der Waals surface area contributed by atoms with E-state index in [1.54, 1.807) is 0 Å². The number of carboxylic acids is 3. The van der Waals surface area contributed by atoms with Crippen LogP contribution in [0.25, 0.3) is 0 Å². The molecule has 0 aromatic heterocycles. The Bertz CT molecular complexity index is 462. The van der Waals surface area contributed by atoms with Crippen molar-refractivity contribution in [1.29, 1.82) is 0 Å². The number of hydrogen-bond acceptors (Lipinski definition) is 5. The maximum atomic E-state index is 11.2. The van der Waals surface area contributed by atoms with Crippen molar-refractivity contribution < 1.29 is 29.7 Å². The second-order valence-electron chi connectivity index (χ2n) is 7.11. The average Bonchev–Trinajstić information content (AvgIpc) is 3.18. The summed E-state index contributed by atoms with van der Waals surface area (Å²) in [6, 6.07) is -0.916. The fourth-order valence-electron chi connectivity index (χ4n) is 4.04. The SMILES string of the molecule is O=C(O)CC(CCN1CCC[C@H]1C(=O)O)CCN1CCC[C@H]1C(=O)O. The number of carboxylic acid groups (broad SMARTS) is 3. The van der Waals surface area contributed by atoms with Gasteiger partial charge in [0.05, 0.1) is 0 Å². The summed E-state index contributed by atoms with van der Waals surface area (Å²) in [4.78, 5) is 37.5. The molecule has 2 aliphatic rings. The van der Waals surface area contributed by atoms with Crippen LogP contribution in [0.2, 0.25) is 0 Å². The van der Waals surface area contributed by atoms with Crippen LogP contribution < -0.4 is 0 Å². The van der Waals surface area contributed by atoms with E-state index >= 15 is 0 Å². The normalized spacial score (nSPS) is 24.8. The highest BCUT2D eigenvalue weighted by Crippen LogP contribution is 2.23. The van der Waals surface area contributed by atoms with Crippen LogP contribution in [0.3, 0.4) is 0 Å². The van der Waals surface area contributed by atoms with E-state index in [1.165, 1.54) is 0 Å². The van der Waals surface area contributed by atoms with Crippen LogP contribution in [0.1, 0.15) is 44.9 Å². The number of aliphatic carboxylic acids is 3. The standard InChI is InChI=1S/C17H28N2O6/c20-15(21)11-12(5-9-18-7-1-3-13(18)16(22)23)6-10-19-8-2-4-14(19)17(24)25/h12-14H,1-11H2,(H,20,21)(H,22,23)(H,24,25)/t13-,14-/m0/s1. The lowest BCUT2D eigenvalue weighted by atomic mass is 9.96. The van der Waals surface area contributed by atoms with E-state index in [9.17, 15) is 24.6 Å². The summed E-state index contributed by atoms with van der Waals surface area (Å²) in [7, 11) is 0. The number of carbonyl (C=O) groups is 3. The molecule has 0 aromatic rings. The molecule has 8 heteroatoms. The highest BCUT2D eigenvalue weighted by Gasteiger charge is 2.32. The van der Waals surface area contributed by atoms with Crippen LogP contribution in [0.5, 0.6) is 0 Å². The molecule has 2 fully saturated rings. The first-order chi connectivity index (χ1) is 11.9. The average molecular weight is 356 g/mol. The van der Waals surface area contributed by atoms with Crippen molar-refractivity contribution >= 4 is 17.9 Å². The Morgan fingerprint density at radius 1 is 0.840 bits per heavy atom. The molecule has 8 nitrogen and oxygen atoms in total. The molecule has 0 radical (unpaired) electrons. The third-order valence-corrected chi connectivity index (χ3v) is 5.41. The zero-order valence-electron chi connectivity index (χ0n) is 14.5. The van der Waals surface area contributed by atoms with E-state index in [0.717, 1.165) is 25.9 Å².